The third-order valence-corrected chi connectivity index (χ3v) is 7.14. The van der Waals surface area contributed by atoms with Gasteiger partial charge in [0.05, 0.1) is 22.2 Å². The molecule has 2 saturated heterocycles. The Morgan fingerprint density at radius 2 is 1.88 bits per heavy atom. The number of para-hydroxylation sites is 1. The maximum atomic E-state index is 13.1. The van der Waals surface area contributed by atoms with Gasteiger partial charge in [0.15, 0.2) is 0 Å². The van der Waals surface area contributed by atoms with Crippen LogP contribution < -0.4 is 4.90 Å². The molecule has 0 N–H and O–H groups in total. The van der Waals surface area contributed by atoms with E-state index in [4.69, 9.17) is 10.00 Å². The number of piperazine rings is 1. The van der Waals surface area contributed by atoms with Gasteiger partial charge in [0.1, 0.15) is 18.5 Å². The summed E-state index contributed by atoms with van der Waals surface area (Å²) in [6.07, 6.45) is 8.86. The van der Waals surface area contributed by atoms with Crippen LogP contribution in [0, 0.1) is 11.3 Å². The summed E-state index contributed by atoms with van der Waals surface area (Å²) in [6.45, 7) is 1.42. The van der Waals surface area contributed by atoms with Crippen LogP contribution in [-0.2, 0) is 15.1 Å². The summed E-state index contributed by atoms with van der Waals surface area (Å²) in [5.41, 5.74) is 2.85. The van der Waals surface area contributed by atoms with Crippen LogP contribution in [0.5, 0.6) is 0 Å². The summed E-state index contributed by atoms with van der Waals surface area (Å²) < 4.78 is 6.26. The molecule has 0 spiro atoms. The molecule has 1 aliphatic carbocycles. The van der Waals surface area contributed by atoms with Gasteiger partial charge in [-0.1, -0.05) is 12.1 Å². The molecule has 1 amide bonds. The van der Waals surface area contributed by atoms with Crippen LogP contribution in [0.25, 0.3) is 11.0 Å². The Balaban J connectivity index is 1.13. The lowest BCUT2D eigenvalue weighted by atomic mass is 10.1. The molecular weight excluding hydrogens is 416 g/mol. The molecule has 8 nitrogen and oxygen atoms in total. The number of nitriles is 1. The monoisotopic (exact) mass is 440 g/mol. The number of fused-ring (bicyclic) bond motifs is 3. The highest BCUT2D eigenvalue weighted by atomic mass is 16.5. The highest BCUT2D eigenvalue weighted by molar-refractivity contribution is 5.80. The number of hydrogen-bond donors (Lipinski definition) is 0. The minimum Gasteiger partial charge on any atom is -0.360 e. The highest BCUT2D eigenvalue weighted by Crippen LogP contribution is 2.50. The van der Waals surface area contributed by atoms with Gasteiger partial charge >= 0.3 is 0 Å². The Labute approximate surface area is 191 Å². The number of carbonyl (C=O) groups excluding carboxylic acids is 1. The SMILES string of the molecule is N#Cc1ccc(N2C3CCC2CN(C(=O)COC2(c4cccc5nccnc45)CC2)C3)nc1. The first-order valence-electron chi connectivity index (χ1n) is 11.4. The lowest BCUT2D eigenvalue weighted by Crippen LogP contribution is -2.56. The predicted molar refractivity (Wildman–Crippen MR) is 121 cm³/mol. The second kappa shape index (κ2) is 7.78. The van der Waals surface area contributed by atoms with Crippen LogP contribution in [-0.4, -0.2) is 57.5 Å². The van der Waals surface area contributed by atoms with Gasteiger partial charge in [0.2, 0.25) is 5.91 Å². The van der Waals surface area contributed by atoms with Crippen molar-refractivity contribution in [2.45, 2.75) is 43.4 Å². The molecule has 6 rings (SSSR count). The van der Waals surface area contributed by atoms with Crippen LogP contribution in [0.1, 0.15) is 36.8 Å². The van der Waals surface area contributed by atoms with Crippen LogP contribution >= 0.6 is 0 Å². The maximum Gasteiger partial charge on any atom is 0.248 e. The Bertz CT molecular complexity index is 1230. The number of benzene rings is 1. The zero-order chi connectivity index (χ0) is 22.4. The zero-order valence-corrected chi connectivity index (χ0v) is 18.2. The molecule has 1 saturated carbocycles. The Hall–Kier alpha value is -3.57. The second-order valence-corrected chi connectivity index (χ2v) is 9.12. The van der Waals surface area contributed by atoms with Crippen molar-refractivity contribution in [1.29, 1.82) is 5.26 Å². The molecular formula is C25H24N6O2. The predicted octanol–water partition coefficient (Wildman–Crippen LogP) is 2.78. The fourth-order valence-electron chi connectivity index (χ4n) is 5.34. The molecule has 2 aliphatic heterocycles. The lowest BCUT2D eigenvalue weighted by molar-refractivity contribution is -0.140. The lowest BCUT2D eigenvalue weighted by Gasteiger charge is -2.41. The van der Waals surface area contributed by atoms with Crippen LogP contribution in [0.3, 0.4) is 0 Å². The number of rotatable bonds is 5. The van der Waals surface area contributed by atoms with E-state index in [0.717, 1.165) is 48.1 Å². The molecule has 166 valence electrons. The molecule has 2 unspecified atom stereocenters. The van der Waals surface area contributed by atoms with E-state index in [9.17, 15) is 4.79 Å². The van der Waals surface area contributed by atoms with E-state index in [0.29, 0.717) is 18.7 Å². The third-order valence-electron chi connectivity index (χ3n) is 7.14. The number of amides is 1. The minimum atomic E-state index is -0.432. The Kier molecular flexibility index (Phi) is 4.73. The molecule has 3 fully saturated rings. The molecule has 8 heteroatoms. The number of aromatic nitrogens is 3. The number of ether oxygens (including phenoxy) is 1. The van der Waals surface area contributed by atoms with Crippen molar-refractivity contribution >= 4 is 22.8 Å². The standard InChI is InChI=1S/C25H24N6O2/c26-12-17-4-7-22(29-13-17)31-18-5-6-19(31)15-30(14-18)23(32)16-33-25(8-9-25)20-2-1-3-21-24(20)28-11-10-27-21/h1-4,7,10-11,13,18-19H,5-6,8-9,14-16H2. The first-order valence-corrected chi connectivity index (χ1v) is 11.4. The number of likely N-dealkylation sites (tertiary alicyclic amines) is 1. The second-order valence-electron chi connectivity index (χ2n) is 9.12. The maximum absolute atomic E-state index is 13.1. The molecule has 0 radical (unpaired) electrons. The number of hydrogen-bond acceptors (Lipinski definition) is 7. The Morgan fingerprint density at radius 1 is 1.09 bits per heavy atom. The van der Waals surface area contributed by atoms with Gasteiger partial charge in [-0.15, -0.1) is 0 Å². The van der Waals surface area contributed by atoms with Gasteiger partial charge < -0.3 is 14.5 Å². The first-order chi connectivity index (χ1) is 16.2. The largest absolute Gasteiger partial charge is 0.360 e. The number of anilines is 1. The van der Waals surface area contributed by atoms with E-state index in [1.165, 1.54) is 0 Å². The third kappa shape index (κ3) is 3.49. The van der Waals surface area contributed by atoms with Gasteiger partial charge in [-0.2, -0.15) is 5.26 Å². The smallest absolute Gasteiger partial charge is 0.248 e. The quantitative estimate of drug-likeness (QED) is 0.602. The van der Waals surface area contributed by atoms with E-state index >= 15 is 0 Å². The topological polar surface area (TPSA) is 95.2 Å². The molecule has 1 aromatic carbocycles. The van der Waals surface area contributed by atoms with Crippen molar-refractivity contribution in [1.82, 2.24) is 19.9 Å². The summed E-state index contributed by atoms with van der Waals surface area (Å²) in [5, 5.41) is 9.02. The van der Waals surface area contributed by atoms with Crippen molar-refractivity contribution in [3.8, 4) is 6.07 Å². The van der Waals surface area contributed by atoms with Crippen molar-refractivity contribution in [2.75, 3.05) is 24.6 Å². The van der Waals surface area contributed by atoms with E-state index in [-0.39, 0.29) is 24.6 Å². The van der Waals surface area contributed by atoms with Crippen molar-refractivity contribution in [3.63, 3.8) is 0 Å². The average molecular weight is 441 g/mol. The van der Waals surface area contributed by atoms with Gasteiger partial charge in [-0.3, -0.25) is 14.8 Å². The minimum absolute atomic E-state index is 0.0388. The highest BCUT2D eigenvalue weighted by Gasteiger charge is 2.48. The van der Waals surface area contributed by atoms with Crippen LogP contribution in [0.2, 0.25) is 0 Å². The summed E-state index contributed by atoms with van der Waals surface area (Å²) in [5.74, 6) is 0.927. The molecule has 3 aromatic rings. The molecule has 4 heterocycles. The summed E-state index contributed by atoms with van der Waals surface area (Å²) in [6, 6.07) is 12.3. The fourth-order valence-corrected chi connectivity index (χ4v) is 5.34. The fraction of sp³-hybridized carbons (Fsp3) is 0.400. The van der Waals surface area contributed by atoms with Crippen molar-refractivity contribution < 1.29 is 9.53 Å². The van der Waals surface area contributed by atoms with Crippen LogP contribution in [0.4, 0.5) is 5.82 Å². The molecule has 3 aliphatic rings. The average Bonchev–Trinajstić information content (AvgIpc) is 3.61. The van der Waals surface area contributed by atoms with Crippen molar-refractivity contribution in [3.05, 3.63) is 60.0 Å². The van der Waals surface area contributed by atoms with E-state index in [1.54, 1.807) is 24.7 Å². The van der Waals surface area contributed by atoms with Gasteiger partial charge in [0.25, 0.3) is 0 Å². The number of nitrogens with zero attached hydrogens (tertiary/aromatic N) is 6. The normalized spacial score (nSPS) is 22.9. The molecule has 33 heavy (non-hydrogen) atoms. The molecule has 2 bridgehead atoms. The number of carbonyl (C=O) groups is 1. The number of pyridine rings is 1. The van der Waals surface area contributed by atoms with Gasteiger partial charge in [-0.25, -0.2) is 4.98 Å². The van der Waals surface area contributed by atoms with E-state index in [1.807, 2.05) is 29.2 Å². The van der Waals surface area contributed by atoms with Gasteiger partial charge in [0, 0.05) is 49.3 Å². The molecule has 2 atom stereocenters. The molecule has 2 aromatic heterocycles. The Morgan fingerprint density at radius 3 is 2.58 bits per heavy atom. The zero-order valence-electron chi connectivity index (χ0n) is 18.2. The summed E-state index contributed by atoms with van der Waals surface area (Å²) >= 11 is 0. The van der Waals surface area contributed by atoms with E-state index in [2.05, 4.69) is 25.9 Å². The van der Waals surface area contributed by atoms with E-state index < -0.39 is 5.60 Å². The summed E-state index contributed by atoms with van der Waals surface area (Å²) in [7, 11) is 0. The van der Waals surface area contributed by atoms with Gasteiger partial charge in [-0.05, 0) is 43.9 Å². The van der Waals surface area contributed by atoms with Crippen LogP contribution in [0.15, 0.2) is 48.9 Å². The summed E-state index contributed by atoms with van der Waals surface area (Å²) in [4.78, 5) is 30.8. The first kappa shape index (κ1) is 20.1. The van der Waals surface area contributed by atoms with Crippen molar-refractivity contribution in [2.24, 2.45) is 0 Å².